The molecule has 4 nitrogen and oxygen atoms in total. The summed E-state index contributed by atoms with van der Waals surface area (Å²) in [5.74, 6) is -0.0620. The molecule has 148 valence electrons. The van der Waals surface area contributed by atoms with Gasteiger partial charge in [-0.1, -0.05) is 55.5 Å². The third kappa shape index (κ3) is 3.62. The van der Waals surface area contributed by atoms with Crippen molar-refractivity contribution in [2.24, 2.45) is 0 Å². The van der Waals surface area contributed by atoms with Crippen molar-refractivity contribution < 1.29 is 14.6 Å². The number of ether oxygens (including phenoxy) is 1. The van der Waals surface area contributed by atoms with Crippen molar-refractivity contribution in [2.45, 2.75) is 26.2 Å². The summed E-state index contributed by atoms with van der Waals surface area (Å²) in [7, 11) is 0. The molecule has 0 amide bonds. The molecule has 0 saturated carbocycles. The first kappa shape index (κ1) is 19.5. The summed E-state index contributed by atoms with van der Waals surface area (Å²) in [4.78, 5) is 15.0. The number of carboxylic acids is 1. The highest BCUT2D eigenvalue weighted by Crippen LogP contribution is 2.36. The van der Waals surface area contributed by atoms with E-state index < -0.39 is 5.97 Å². The maximum atomic E-state index is 11.9. The number of rotatable bonds is 6. The molecule has 0 fully saturated rings. The maximum Gasteiger partial charge on any atom is 0.352 e. The average molecular weight is 452 g/mol. The molecule has 0 spiro atoms. The fraction of sp³-hybridized carbons (Fsp3) is 0.208. The average Bonchev–Trinajstić information content (AvgIpc) is 3.11. The Morgan fingerprint density at radius 1 is 1.10 bits per heavy atom. The van der Waals surface area contributed by atoms with Gasteiger partial charge in [0.25, 0.3) is 0 Å². The van der Waals surface area contributed by atoms with Gasteiger partial charge in [0.05, 0.1) is 12.1 Å². The summed E-state index contributed by atoms with van der Waals surface area (Å²) >= 11 is 3.58. The van der Waals surface area contributed by atoms with Crippen molar-refractivity contribution >= 4 is 43.6 Å². The Labute approximate surface area is 177 Å². The summed E-state index contributed by atoms with van der Waals surface area (Å²) in [6.45, 7) is 4.55. The number of fused-ring (bicyclic) bond motifs is 2. The van der Waals surface area contributed by atoms with E-state index in [0.29, 0.717) is 13.0 Å². The minimum atomic E-state index is -0.942. The van der Waals surface area contributed by atoms with Crippen LogP contribution in [0.15, 0.2) is 59.1 Å². The number of aromatic amines is 1. The van der Waals surface area contributed by atoms with Crippen LogP contribution in [0.2, 0.25) is 0 Å². The van der Waals surface area contributed by atoms with E-state index in [4.69, 9.17) is 4.74 Å². The quantitative estimate of drug-likeness (QED) is 0.344. The molecule has 0 aliphatic carbocycles. The number of aromatic carboxylic acids is 1. The number of aromatic nitrogens is 1. The summed E-state index contributed by atoms with van der Waals surface area (Å²) in [6.07, 6.45) is 0.710. The van der Waals surface area contributed by atoms with Crippen LogP contribution in [0.3, 0.4) is 0 Å². The van der Waals surface area contributed by atoms with E-state index >= 15 is 0 Å². The fourth-order valence-corrected chi connectivity index (χ4v) is 4.29. The van der Waals surface area contributed by atoms with Crippen LogP contribution < -0.4 is 4.74 Å². The number of hydrogen-bond acceptors (Lipinski definition) is 2. The smallest absolute Gasteiger partial charge is 0.352 e. The Bertz CT molecular complexity index is 1210. The maximum absolute atomic E-state index is 11.9. The summed E-state index contributed by atoms with van der Waals surface area (Å²) in [6, 6.07) is 18.2. The Morgan fingerprint density at radius 3 is 2.66 bits per heavy atom. The van der Waals surface area contributed by atoms with Gasteiger partial charge in [-0.3, -0.25) is 0 Å². The minimum absolute atomic E-state index is 0.0273. The number of benzene rings is 3. The van der Waals surface area contributed by atoms with Crippen molar-refractivity contribution in [1.29, 1.82) is 0 Å². The number of nitrogens with one attached hydrogen (secondary N) is 1. The number of carboxylic acid groups (broad SMARTS) is 1. The zero-order valence-corrected chi connectivity index (χ0v) is 17.9. The van der Waals surface area contributed by atoms with E-state index in [1.54, 1.807) is 0 Å². The monoisotopic (exact) mass is 451 g/mol. The predicted molar refractivity (Wildman–Crippen MR) is 120 cm³/mol. The Kier molecular flexibility index (Phi) is 5.33. The summed E-state index contributed by atoms with van der Waals surface area (Å²) < 4.78 is 6.98. The molecule has 3 aromatic carbocycles. The van der Waals surface area contributed by atoms with Crippen molar-refractivity contribution in [1.82, 2.24) is 4.98 Å². The van der Waals surface area contributed by atoms with Crippen LogP contribution in [0.25, 0.3) is 21.7 Å². The lowest BCUT2D eigenvalue weighted by atomic mass is 9.94. The lowest BCUT2D eigenvalue weighted by molar-refractivity contribution is 0.0689. The van der Waals surface area contributed by atoms with Gasteiger partial charge in [-0.2, -0.15) is 0 Å². The molecule has 0 aliphatic heterocycles. The van der Waals surface area contributed by atoms with Crippen LogP contribution in [0.5, 0.6) is 5.75 Å². The SMILES string of the molecule is Cc1ccc2c(C(C)CCOc3cccc4ccccc34)c(C(=O)O)[nH]c2c1Br. The Hall–Kier alpha value is -2.79. The number of aryl methyl sites for hydroxylation is 1. The molecule has 4 aromatic rings. The van der Waals surface area contributed by atoms with E-state index in [9.17, 15) is 9.90 Å². The third-order valence-electron chi connectivity index (χ3n) is 5.41. The van der Waals surface area contributed by atoms with Crippen LogP contribution >= 0.6 is 15.9 Å². The van der Waals surface area contributed by atoms with Gasteiger partial charge in [-0.05, 0) is 57.8 Å². The van der Waals surface area contributed by atoms with Crippen molar-refractivity contribution in [3.05, 3.63) is 75.9 Å². The van der Waals surface area contributed by atoms with Crippen LogP contribution in [0.4, 0.5) is 0 Å². The first-order chi connectivity index (χ1) is 14.0. The molecule has 0 bridgehead atoms. The van der Waals surface area contributed by atoms with E-state index in [0.717, 1.165) is 43.0 Å². The molecule has 5 heteroatoms. The highest BCUT2D eigenvalue weighted by molar-refractivity contribution is 9.10. The highest BCUT2D eigenvalue weighted by atomic mass is 79.9. The molecular formula is C24H22BrNO3. The first-order valence-corrected chi connectivity index (χ1v) is 10.4. The molecule has 4 rings (SSSR count). The zero-order chi connectivity index (χ0) is 20.5. The molecule has 1 unspecified atom stereocenters. The normalized spacial score (nSPS) is 12.4. The predicted octanol–water partition coefficient (Wildman–Crippen LogP) is 6.66. The molecule has 29 heavy (non-hydrogen) atoms. The molecule has 0 aliphatic rings. The largest absolute Gasteiger partial charge is 0.493 e. The van der Waals surface area contributed by atoms with E-state index in [1.165, 1.54) is 0 Å². The second-order valence-electron chi connectivity index (χ2n) is 7.35. The lowest BCUT2D eigenvalue weighted by Gasteiger charge is -2.14. The molecule has 0 radical (unpaired) electrons. The van der Waals surface area contributed by atoms with Crippen molar-refractivity contribution in [3.63, 3.8) is 0 Å². The van der Waals surface area contributed by atoms with Gasteiger partial charge in [0.2, 0.25) is 0 Å². The molecule has 1 atom stereocenters. The molecule has 0 saturated heterocycles. The fourth-order valence-electron chi connectivity index (χ4n) is 3.85. The second kappa shape index (κ2) is 7.91. The first-order valence-electron chi connectivity index (χ1n) is 9.62. The Balaban J connectivity index is 1.59. The van der Waals surface area contributed by atoms with Gasteiger partial charge in [-0.25, -0.2) is 4.79 Å². The van der Waals surface area contributed by atoms with Crippen molar-refractivity contribution in [2.75, 3.05) is 6.61 Å². The topological polar surface area (TPSA) is 62.3 Å². The minimum Gasteiger partial charge on any atom is -0.493 e. The molecule has 1 heterocycles. The Morgan fingerprint density at radius 2 is 1.86 bits per heavy atom. The lowest BCUT2D eigenvalue weighted by Crippen LogP contribution is -2.08. The number of carbonyl (C=O) groups is 1. The number of hydrogen-bond donors (Lipinski definition) is 2. The second-order valence-corrected chi connectivity index (χ2v) is 8.15. The number of H-pyrrole nitrogens is 1. The van der Waals surface area contributed by atoms with E-state index in [2.05, 4.69) is 46.0 Å². The highest BCUT2D eigenvalue weighted by Gasteiger charge is 2.23. The van der Waals surface area contributed by atoms with Gasteiger partial charge in [-0.15, -0.1) is 0 Å². The zero-order valence-electron chi connectivity index (χ0n) is 16.3. The van der Waals surface area contributed by atoms with Crippen LogP contribution in [0, 0.1) is 6.92 Å². The molecule has 2 N–H and O–H groups in total. The van der Waals surface area contributed by atoms with Gasteiger partial charge in [0.15, 0.2) is 0 Å². The van der Waals surface area contributed by atoms with E-state index in [1.807, 2.05) is 43.3 Å². The van der Waals surface area contributed by atoms with E-state index in [-0.39, 0.29) is 11.6 Å². The third-order valence-corrected chi connectivity index (χ3v) is 6.43. The molecule has 1 aromatic heterocycles. The van der Waals surface area contributed by atoms with Crippen LogP contribution in [-0.2, 0) is 0 Å². The van der Waals surface area contributed by atoms with Crippen molar-refractivity contribution in [3.8, 4) is 5.75 Å². The van der Waals surface area contributed by atoms with Crippen LogP contribution in [-0.4, -0.2) is 22.7 Å². The standard InChI is InChI=1S/C24H22BrNO3/c1-14(12-13-29-19-9-5-7-16-6-3-4-8-17(16)19)20-18-11-10-15(2)21(25)22(18)26-23(20)24(27)28/h3-11,14,26H,12-13H2,1-2H3,(H,27,28). The summed E-state index contributed by atoms with van der Waals surface area (Å²) in [5.41, 5.74) is 2.98. The van der Waals surface area contributed by atoms with Gasteiger partial charge >= 0.3 is 5.97 Å². The van der Waals surface area contributed by atoms with Gasteiger partial charge in [0.1, 0.15) is 11.4 Å². The van der Waals surface area contributed by atoms with Gasteiger partial charge in [0, 0.05) is 15.2 Å². The van der Waals surface area contributed by atoms with Gasteiger partial charge < -0.3 is 14.8 Å². The number of halogens is 1. The summed E-state index contributed by atoms with van der Waals surface area (Å²) in [5, 5.41) is 12.9. The molecular weight excluding hydrogens is 430 g/mol. The van der Waals surface area contributed by atoms with Crippen LogP contribution in [0.1, 0.15) is 40.9 Å².